The number of thioether (sulfide) groups is 1. The van der Waals surface area contributed by atoms with Gasteiger partial charge in [-0.15, -0.1) is 0 Å². The predicted octanol–water partition coefficient (Wildman–Crippen LogP) is 4.82. The highest BCUT2D eigenvalue weighted by atomic mass is 35.5. The van der Waals surface area contributed by atoms with Crippen LogP contribution in [0.1, 0.15) is 11.1 Å². The number of ether oxygens (including phenoxy) is 4. The molecule has 0 amide bonds. The summed E-state index contributed by atoms with van der Waals surface area (Å²) >= 11 is 13.3. The van der Waals surface area contributed by atoms with Crippen molar-refractivity contribution in [1.82, 2.24) is 0 Å². The van der Waals surface area contributed by atoms with Crippen molar-refractivity contribution in [3.63, 3.8) is 0 Å². The first-order valence-corrected chi connectivity index (χ1v) is 10.8. The van der Waals surface area contributed by atoms with Gasteiger partial charge >= 0.3 is 11.9 Å². The minimum atomic E-state index is -1.03. The van der Waals surface area contributed by atoms with Gasteiger partial charge in [0.05, 0.1) is 23.0 Å². The largest absolute Gasteiger partial charge is 0.426 e. The van der Waals surface area contributed by atoms with Crippen molar-refractivity contribution < 1.29 is 28.5 Å². The molecule has 0 aliphatic carbocycles. The summed E-state index contributed by atoms with van der Waals surface area (Å²) < 4.78 is 21.9. The minimum Gasteiger partial charge on any atom is -0.426 e. The molecule has 0 bridgehead atoms. The minimum absolute atomic E-state index is 0.138. The quantitative estimate of drug-likeness (QED) is 0.503. The molecular weight excluding hydrogens is 463 g/mol. The van der Waals surface area contributed by atoms with E-state index in [9.17, 15) is 9.59 Å². The number of cyclic esters (lactones) is 2. The average Bonchev–Trinajstić information content (AvgIpc) is 3.22. The first-order chi connectivity index (χ1) is 15.0. The van der Waals surface area contributed by atoms with E-state index < -0.39 is 24.5 Å². The number of carbonyl (C=O) groups excluding carboxylic acids is 2. The number of hydrogen-bond acceptors (Lipinski definition) is 7. The zero-order chi connectivity index (χ0) is 21.8. The van der Waals surface area contributed by atoms with Crippen molar-refractivity contribution in [3.05, 3.63) is 91.7 Å². The summed E-state index contributed by atoms with van der Waals surface area (Å²) in [7, 11) is 0. The van der Waals surface area contributed by atoms with Crippen LogP contribution in [-0.2, 0) is 41.8 Å². The summed E-state index contributed by atoms with van der Waals surface area (Å²) in [6.45, 7) is 0.395. The van der Waals surface area contributed by atoms with Gasteiger partial charge in [0.25, 0.3) is 0 Å². The van der Waals surface area contributed by atoms with E-state index in [1.807, 2.05) is 60.7 Å². The van der Waals surface area contributed by atoms with Crippen molar-refractivity contribution in [2.45, 2.75) is 25.8 Å². The molecule has 0 N–H and O–H groups in total. The highest BCUT2D eigenvalue weighted by Gasteiger charge is 2.41. The Morgan fingerprint density at radius 3 is 1.48 bits per heavy atom. The molecule has 0 saturated heterocycles. The van der Waals surface area contributed by atoms with Gasteiger partial charge in [0, 0.05) is 0 Å². The van der Waals surface area contributed by atoms with Crippen LogP contribution >= 0.6 is 35.0 Å². The number of halogens is 2. The van der Waals surface area contributed by atoms with Crippen LogP contribution in [0.3, 0.4) is 0 Å². The molecule has 4 rings (SSSR count). The third-order valence-electron chi connectivity index (χ3n) is 4.36. The number of rotatable bonds is 8. The van der Waals surface area contributed by atoms with E-state index in [4.69, 9.17) is 42.1 Å². The van der Waals surface area contributed by atoms with Crippen molar-refractivity contribution in [3.8, 4) is 0 Å². The average molecular weight is 479 g/mol. The number of esters is 2. The van der Waals surface area contributed by atoms with E-state index in [2.05, 4.69) is 0 Å². The number of benzene rings is 2. The van der Waals surface area contributed by atoms with E-state index in [1.54, 1.807) is 0 Å². The van der Waals surface area contributed by atoms with E-state index in [-0.39, 0.29) is 33.1 Å². The molecule has 2 heterocycles. The van der Waals surface area contributed by atoms with Crippen LogP contribution < -0.4 is 0 Å². The van der Waals surface area contributed by atoms with Gasteiger partial charge < -0.3 is 18.9 Å². The summed E-state index contributed by atoms with van der Waals surface area (Å²) in [5.41, 5.74) is 1.79. The molecule has 2 atom stereocenters. The van der Waals surface area contributed by atoms with Crippen LogP contribution in [0.15, 0.2) is 80.5 Å². The third-order valence-corrected chi connectivity index (χ3v) is 6.53. The Labute approximate surface area is 192 Å². The standard InChI is InChI=1S/C22H16Cl2O6S/c23-15-17(21(29-19(15)25)27-11-13-7-3-1-4-8-13)31-18-16(24)20(26)30-22(18)28-12-14-9-5-2-6-10-14/h1-10,21-22H,11-12H2. The molecule has 0 aromatic heterocycles. The summed E-state index contributed by atoms with van der Waals surface area (Å²) in [4.78, 5) is 24.6. The molecule has 0 radical (unpaired) electrons. The Morgan fingerprint density at radius 2 is 1.10 bits per heavy atom. The van der Waals surface area contributed by atoms with Gasteiger partial charge in [-0.1, -0.05) is 95.6 Å². The summed E-state index contributed by atoms with van der Waals surface area (Å²) in [5.74, 6) is -1.43. The zero-order valence-corrected chi connectivity index (χ0v) is 18.3. The predicted molar refractivity (Wildman–Crippen MR) is 116 cm³/mol. The normalized spacial score (nSPS) is 21.0. The van der Waals surface area contributed by atoms with Gasteiger partial charge in [0.15, 0.2) is 0 Å². The molecule has 0 spiro atoms. The lowest BCUT2D eigenvalue weighted by atomic mass is 10.2. The molecule has 2 aliphatic rings. The second-order valence-corrected chi connectivity index (χ2v) is 8.37. The van der Waals surface area contributed by atoms with E-state index in [0.29, 0.717) is 0 Å². The third kappa shape index (κ3) is 5.14. The topological polar surface area (TPSA) is 71.1 Å². The van der Waals surface area contributed by atoms with Gasteiger partial charge in [-0.05, 0) is 11.1 Å². The SMILES string of the molecule is O=C1OC(OCc2ccccc2)C(SC2=C(Cl)C(=O)OC2OCc2ccccc2)=C1Cl. The highest BCUT2D eigenvalue weighted by Crippen LogP contribution is 2.45. The number of hydrogen-bond donors (Lipinski definition) is 0. The Hall–Kier alpha value is -2.29. The Bertz CT molecular complexity index is 955. The fourth-order valence-corrected chi connectivity index (χ4v) is 4.34. The first kappa shape index (κ1) is 21.9. The molecule has 6 nitrogen and oxygen atoms in total. The summed E-state index contributed by atoms with van der Waals surface area (Å²) in [5, 5.41) is -0.276. The van der Waals surface area contributed by atoms with Crippen molar-refractivity contribution in [2.24, 2.45) is 0 Å². The Morgan fingerprint density at radius 1 is 0.710 bits per heavy atom. The molecule has 0 fully saturated rings. The highest BCUT2D eigenvalue weighted by molar-refractivity contribution is 8.07. The van der Waals surface area contributed by atoms with E-state index in [1.165, 1.54) is 0 Å². The molecule has 2 aliphatic heterocycles. The van der Waals surface area contributed by atoms with Gasteiger partial charge in [0.1, 0.15) is 10.1 Å². The molecule has 160 valence electrons. The van der Waals surface area contributed by atoms with E-state index >= 15 is 0 Å². The molecular formula is C22H16Cl2O6S. The van der Waals surface area contributed by atoms with Crippen LogP contribution in [0.2, 0.25) is 0 Å². The monoisotopic (exact) mass is 478 g/mol. The maximum atomic E-state index is 12.0. The lowest BCUT2D eigenvalue weighted by Crippen LogP contribution is -2.18. The Kier molecular flexibility index (Phi) is 6.99. The van der Waals surface area contributed by atoms with Crippen LogP contribution in [-0.4, -0.2) is 24.5 Å². The molecule has 31 heavy (non-hydrogen) atoms. The lowest BCUT2D eigenvalue weighted by Gasteiger charge is -2.18. The van der Waals surface area contributed by atoms with Crippen LogP contribution in [0.4, 0.5) is 0 Å². The van der Waals surface area contributed by atoms with Crippen LogP contribution in [0.25, 0.3) is 0 Å². The zero-order valence-electron chi connectivity index (χ0n) is 16.0. The molecule has 9 heteroatoms. The molecule has 2 aromatic rings. The molecule has 0 saturated carbocycles. The second kappa shape index (κ2) is 9.89. The van der Waals surface area contributed by atoms with Crippen molar-refractivity contribution in [2.75, 3.05) is 0 Å². The fraction of sp³-hybridized carbons (Fsp3) is 0.182. The van der Waals surface area contributed by atoms with E-state index in [0.717, 1.165) is 22.9 Å². The van der Waals surface area contributed by atoms with Crippen LogP contribution in [0, 0.1) is 0 Å². The van der Waals surface area contributed by atoms with Crippen molar-refractivity contribution in [1.29, 1.82) is 0 Å². The van der Waals surface area contributed by atoms with Crippen molar-refractivity contribution >= 4 is 46.9 Å². The summed E-state index contributed by atoms with van der Waals surface area (Å²) in [6, 6.07) is 18.8. The maximum absolute atomic E-state index is 12.0. The lowest BCUT2D eigenvalue weighted by molar-refractivity contribution is -0.161. The molecule has 2 unspecified atom stereocenters. The van der Waals surface area contributed by atoms with Crippen LogP contribution in [0.5, 0.6) is 0 Å². The van der Waals surface area contributed by atoms with Gasteiger partial charge in [-0.2, -0.15) is 0 Å². The number of carbonyl (C=O) groups is 2. The second-order valence-electron chi connectivity index (χ2n) is 6.53. The molecule has 2 aromatic carbocycles. The first-order valence-electron chi connectivity index (χ1n) is 9.23. The maximum Gasteiger partial charge on any atom is 0.353 e. The smallest absolute Gasteiger partial charge is 0.353 e. The van der Waals surface area contributed by atoms with Gasteiger partial charge in [0.2, 0.25) is 12.6 Å². The Balaban J connectivity index is 1.48. The van der Waals surface area contributed by atoms with Gasteiger partial charge in [-0.25, -0.2) is 9.59 Å². The summed E-state index contributed by atoms with van der Waals surface area (Å²) in [6.07, 6.45) is -2.07. The fourth-order valence-electron chi connectivity index (χ4n) is 2.83. The van der Waals surface area contributed by atoms with Gasteiger partial charge in [-0.3, -0.25) is 0 Å².